The molecule has 2 N–H and O–H groups in total. The van der Waals surface area contributed by atoms with Gasteiger partial charge in [-0.25, -0.2) is 8.78 Å². The maximum atomic E-state index is 13.5. The summed E-state index contributed by atoms with van der Waals surface area (Å²) in [5, 5.41) is 0. The van der Waals surface area contributed by atoms with Gasteiger partial charge in [0.25, 0.3) is 0 Å². The van der Waals surface area contributed by atoms with Crippen molar-refractivity contribution in [1.82, 2.24) is 0 Å². The van der Waals surface area contributed by atoms with Crippen LogP contribution in [0.25, 0.3) is 0 Å². The molecule has 0 aliphatic carbocycles. The number of nitrogens with two attached hydrogens (primary N) is 1. The Morgan fingerprint density at radius 1 is 1.38 bits per heavy atom. The summed E-state index contributed by atoms with van der Waals surface area (Å²) in [6.07, 6.45) is 0.632. The normalized spacial score (nSPS) is 12.8. The zero-order chi connectivity index (χ0) is 12.1. The van der Waals surface area contributed by atoms with Gasteiger partial charge in [0, 0.05) is 7.11 Å². The Labute approximate surface area is 94.4 Å². The van der Waals surface area contributed by atoms with Crippen LogP contribution in [-0.4, -0.2) is 13.7 Å². The third kappa shape index (κ3) is 3.00. The first-order valence-corrected chi connectivity index (χ1v) is 5.27. The van der Waals surface area contributed by atoms with Gasteiger partial charge in [0.15, 0.2) is 11.6 Å². The maximum absolute atomic E-state index is 13.5. The van der Waals surface area contributed by atoms with Crippen LogP contribution in [0.15, 0.2) is 12.1 Å². The quantitative estimate of drug-likeness (QED) is 0.842. The summed E-state index contributed by atoms with van der Waals surface area (Å²) in [7, 11) is 1.52. The topological polar surface area (TPSA) is 35.2 Å². The lowest BCUT2D eigenvalue weighted by Gasteiger charge is -2.13. The highest BCUT2D eigenvalue weighted by atomic mass is 19.2. The van der Waals surface area contributed by atoms with Crippen molar-refractivity contribution in [2.24, 2.45) is 5.73 Å². The fraction of sp³-hybridized carbons (Fsp3) is 0.500. The molecule has 1 atom stereocenters. The Hall–Kier alpha value is -1.00. The van der Waals surface area contributed by atoms with Crippen molar-refractivity contribution < 1.29 is 13.5 Å². The Bertz CT molecular complexity index is 355. The van der Waals surface area contributed by atoms with Crippen molar-refractivity contribution in [3.63, 3.8) is 0 Å². The van der Waals surface area contributed by atoms with Gasteiger partial charge in [-0.15, -0.1) is 0 Å². The van der Waals surface area contributed by atoms with Gasteiger partial charge in [0.2, 0.25) is 0 Å². The minimum Gasteiger partial charge on any atom is -0.380 e. The molecule has 1 aromatic carbocycles. The first kappa shape index (κ1) is 13.1. The largest absolute Gasteiger partial charge is 0.380 e. The number of ether oxygens (including phenoxy) is 1. The zero-order valence-corrected chi connectivity index (χ0v) is 9.59. The number of rotatable bonds is 5. The molecule has 0 saturated heterocycles. The van der Waals surface area contributed by atoms with Gasteiger partial charge < -0.3 is 10.5 Å². The molecule has 0 radical (unpaired) electrons. The highest BCUT2D eigenvalue weighted by Gasteiger charge is 2.15. The molecule has 1 unspecified atom stereocenters. The highest BCUT2D eigenvalue weighted by molar-refractivity contribution is 5.28. The van der Waals surface area contributed by atoms with E-state index in [1.165, 1.54) is 7.11 Å². The van der Waals surface area contributed by atoms with Crippen molar-refractivity contribution in [2.45, 2.75) is 25.9 Å². The van der Waals surface area contributed by atoms with E-state index in [-0.39, 0.29) is 12.5 Å². The number of halogens is 2. The molecule has 16 heavy (non-hydrogen) atoms. The SMILES string of the molecule is COCc1cc(F)c(F)c(C(C)CCN)c1. The maximum Gasteiger partial charge on any atom is 0.162 e. The van der Waals surface area contributed by atoms with E-state index in [1.807, 2.05) is 6.92 Å². The lowest BCUT2D eigenvalue weighted by Crippen LogP contribution is -2.08. The van der Waals surface area contributed by atoms with E-state index in [4.69, 9.17) is 10.5 Å². The number of benzene rings is 1. The second-order valence-electron chi connectivity index (χ2n) is 3.89. The lowest BCUT2D eigenvalue weighted by atomic mass is 9.95. The summed E-state index contributed by atoms with van der Waals surface area (Å²) >= 11 is 0. The third-order valence-electron chi connectivity index (χ3n) is 2.56. The van der Waals surface area contributed by atoms with Gasteiger partial charge in [0.1, 0.15) is 0 Å². The molecule has 4 heteroatoms. The smallest absolute Gasteiger partial charge is 0.162 e. The van der Waals surface area contributed by atoms with Crippen molar-refractivity contribution in [3.8, 4) is 0 Å². The van der Waals surface area contributed by atoms with Crippen LogP contribution in [0, 0.1) is 11.6 Å². The molecule has 0 fully saturated rings. The molecule has 0 amide bonds. The van der Waals surface area contributed by atoms with Gasteiger partial charge >= 0.3 is 0 Å². The second-order valence-corrected chi connectivity index (χ2v) is 3.89. The van der Waals surface area contributed by atoms with Crippen LogP contribution >= 0.6 is 0 Å². The van der Waals surface area contributed by atoms with Crippen molar-refractivity contribution in [2.75, 3.05) is 13.7 Å². The molecular weight excluding hydrogens is 212 g/mol. The fourth-order valence-electron chi connectivity index (χ4n) is 1.68. The monoisotopic (exact) mass is 229 g/mol. The van der Waals surface area contributed by atoms with Crippen LogP contribution in [0.1, 0.15) is 30.4 Å². The van der Waals surface area contributed by atoms with E-state index in [0.717, 1.165) is 6.07 Å². The van der Waals surface area contributed by atoms with Gasteiger partial charge in [0.05, 0.1) is 6.61 Å². The van der Waals surface area contributed by atoms with E-state index in [1.54, 1.807) is 6.07 Å². The molecule has 0 saturated carbocycles. The zero-order valence-electron chi connectivity index (χ0n) is 9.59. The van der Waals surface area contributed by atoms with Crippen LogP contribution in [0.3, 0.4) is 0 Å². The van der Waals surface area contributed by atoms with Crippen molar-refractivity contribution in [1.29, 1.82) is 0 Å². The summed E-state index contributed by atoms with van der Waals surface area (Å²) in [6.45, 7) is 2.57. The van der Waals surface area contributed by atoms with Gasteiger partial charge in [-0.2, -0.15) is 0 Å². The number of hydrogen-bond donors (Lipinski definition) is 1. The van der Waals surface area contributed by atoms with Crippen molar-refractivity contribution >= 4 is 0 Å². The fourth-order valence-corrected chi connectivity index (χ4v) is 1.68. The Morgan fingerprint density at radius 2 is 2.06 bits per heavy atom. The summed E-state index contributed by atoms with van der Waals surface area (Å²) in [5.74, 6) is -1.69. The standard InChI is InChI=1S/C12H17F2NO/c1-8(3-4-15)10-5-9(7-16-2)6-11(13)12(10)14/h5-6,8H,3-4,7,15H2,1-2H3. The molecule has 0 bridgehead atoms. The third-order valence-corrected chi connectivity index (χ3v) is 2.56. The van der Waals surface area contributed by atoms with Gasteiger partial charge in [-0.3, -0.25) is 0 Å². The Kier molecular flexibility index (Phi) is 4.83. The summed E-state index contributed by atoms with van der Waals surface area (Å²) < 4.78 is 31.7. The van der Waals surface area contributed by atoms with Gasteiger partial charge in [-0.1, -0.05) is 13.0 Å². The van der Waals surface area contributed by atoms with E-state index >= 15 is 0 Å². The van der Waals surface area contributed by atoms with Crippen LogP contribution in [0.2, 0.25) is 0 Å². The molecule has 90 valence electrons. The van der Waals surface area contributed by atoms with Gasteiger partial charge in [-0.05, 0) is 36.1 Å². The summed E-state index contributed by atoms with van der Waals surface area (Å²) in [4.78, 5) is 0. The second kappa shape index (κ2) is 5.92. The molecule has 0 aliphatic rings. The first-order chi connectivity index (χ1) is 7.60. The number of hydrogen-bond acceptors (Lipinski definition) is 2. The van der Waals surface area contributed by atoms with E-state index < -0.39 is 11.6 Å². The minimum atomic E-state index is -0.826. The van der Waals surface area contributed by atoms with E-state index in [9.17, 15) is 8.78 Å². The molecule has 0 spiro atoms. The molecule has 0 aromatic heterocycles. The van der Waals surface area contributed by atoms with Crippen LogP contribution in [0.4, 0.5) is 8.78 Å². The van der Waals surface area contributed by atoms with Crippen molar-refractivity contribution in [3.05, 3.63) is 34.9 Å². The summed E-state index contributed by atoms with van der Waals surface area (Å²) in [5.41, 5.74) is 6.42. The first-order valence-electron chi connectivity index (χ1n) is 5.27. The van der Waals surface area contributed by atoms with Crippen LogP contribution < -0.4 is 5.73 Å². The molecule has 0 aliphatic heterocycles. The van der Waals surface area contributed by atoms with Crippen LogP contribution in [0.5, 0.6) is 0 Å². The Morgan fingerprint density at radius 3 is 2.62 bits per heavy atom. The van der Waals surface area contributed by atoms with Crippen LogP contribution in [-0.2, 0) is 11.3 Å². The minimum absolute atomic E-state index is 0.0868. The Balaban J connectivity index is 3.05. The summed E-state index contributed by atoms with van der Waals surface area (Å²) in [6, 6.07) is 2.81. The van der Waals surface area contributed by atoms with E-state index in [2.05, 4.69) is 0 Å². The molecule has 1 aromatic rings. The lowest BCUT2D eigenvalue weighted by molar-refractivity contribution is 0.184. The van der Waals surface area contributed by atoms with E-state index in [0.29, 0.717) is 24.1 Å². The number of methoxy groups -OCH3 is 1. The predicted octanol–water partition coefficient (Wildman–Crippen LogP) is 2.56. The predicted molar refractivity (Wildman–Crippen MR) is 59.2 cm³/mol. The molecule has 1 rings (SSSR count). The molecule has 0 heterocycles. The average molecular weight is 229 g/mol. The molecular formula is C12H17F2NO. The average Bonchev–Trinajstić information content (AvgIpc) is 2.23. The molecule has 2 nitrogen and oxygen atoms in total. The highest BCUT2D eigenvalue weighted by Crippen LogP contribution is 2.25.